The Morgan fingerprint density at radius 3 is 2.46 bits per heavy atom. The zero-order valence-electron chi connectivity index (χ0n) is 14.3. The molecule has 24 heavy (non-hydrogen) atoms. The fraction of sp³-hybridized carbons (Fsp3) is 0.368. The van der Waals surface area contributed by atoms with E-state index in [-0.39, 0.29) is 6.03 Å². The van der Waals surface area contributed by atoms with Gasteiger partial charge in [-0.15, -0.1) is 0 Å². The number of anilines is 1. The smallest absolute Gasteiger partial charge is 0.317 e. The van der Waals surface area contributed by atoms with E-state index in [1.54, 1.807) is 12.4 Å². The molecule has 2 aromatic rings. The number of rotatable bonds is 3. The molecule has 2 amide bonds. The Morgan fingerprint density at radius 2 is 1.83 bits per heavy atom. The number of carbonyl (C=O) groups excluding carboxylic acids is 1. The predicted molar refractivity (Wildman–Crippen MR) is 96.2 cm³/mol. The van der Waals surface area contributed by atoms with Gasteiger partial charge >= 0.3 is 6.03 Å². The van der Waals surface area contributed by atoms with Crippen molar-refractivity contribution in [3.05, 3.63) is 59.4 Å². The molecule has 2 heterocycles. The fourth-order valence-corrected chi connectivity index (χ4v) is 3.09. The lowest BCUT2D eigenvalue weighted by Gasteiger charge is -2.36. The van der Waals surface area contributed by atoms with Gasteiger partial charge in [0.1, 0.15) is 0 Å². The highest BCUT2D eigenvalue weighted by atomic mass is 16.2. The fourth-order valence-electron chi connectivity index (χ4n) is 3.09. The predicted octanol–water partition coefficient (Wildman–Crippen LogP) is 2.73. The number of aryl methyl sites for hydroxylation is 2. The van der Waals surface area contributed by atoms with Gasteiger partial charge in [-0.1, -0.05) is 12.1 Å². The number of piperazine rings is 1. The maximum atomic E-state index is 12.3. The van der Waals surface area contributed by atoms with Crippen molar-refractivity contribution in [1.82, 2.24) is 15.2 Å². The SMILES string of the molecule is Cc1cc(C)cc(N2CCN(C(=O)NCc3cccnc3)CC2)c1. The molecule has 0 unspecified atom stereocenters. The first kappa shape index (κ1) is 16.3. The number of aromatic nitrogens is 1. The normalized spacial score (nSPS) is 14.6. The number of urea groups is 1. The molecule has 5 heteroatoms. The second kappa shape index (κ2) is 7.34. The number of nitrogens with one attached hydrogen (secondary N) is 1. The minimum absolute atomic E-state index is 0.000995. The topological polar surface area (TPSA) is 48.5 Å². The van der Waals surface area contributed by atoms with Crippen LogP contribution < -0.4 is 10.2 Å². The van der Waals surface area contributed by atoms with Crippen molar-refractivity contribution in [1.29, 1.82) is 0 Å². The molecule has 5 nitrogen and oxygen atoms in total. The minimum atomic E-state index is -0.000995. The Kier molecular flexibility index (Phi) is 4.99. The number of nitrogens with zero attached hydrogens (tertiary/aromatic N) is 3. The average molecular weight is 324 g/mol. The monoisotopic (exact) mass is 324 g/mol. The Balaban J connectivity index is 1.52. The molecule has 1 aromatic heterocycles. The summed E-state index contributed by atoms with van der Waals surface area (Å²) in [4.78, 5) is 20.6. The molecule has 1 N–H and O–H groups in total. The van der Waals surface area contributed by atoms with Gasteiger partial charge in [-0.05, 0) is 48.7 Å². The van der Waals surface area contributed by atoms with Crippen LogP contribution in [-0.2, 0) is 6.54 Å². The minimum Gasteiger partial charge on any atom is -0.368 e. The first-order chi connectivity index (χ1) is 11.6. The van der Waals surface area contributed by atoms with Crippen molar-refractivity contribution in [2.45, 2.75) is 20.4 Å². The van der Waals surface area contributed by atoms with Crippen molar-refractivity contribution in [3.63, 3.8) is 0 Å². The lowest BCUT2D eigenvalue weighted by Crippen LogP contribution is -2.51. The van der Waals surface area contributed by atoms with Gasteiger partial charge in [-0.2, -0.15) is 0 Å². The quantitative estimate of drug-likeness (QED) is 0.944. The molecule has 126 valence electrons. The standard InChI is InChI=1S/C19H24N4O/c1-15-10-16(2)12-18(11-15)22-6-8-23(9-7-22)19(24)21-14-17-4-3-5-20-13-17/h3-5,10-13H,6-9,14H2,1-2H3,(H,21,24). The zero-order chi connectivity index (χ0) is 16.9. The molecule has 0 saturated carbocycles. The summed E-state index contributed by atoms with van der Waals surface area (Å²) >= 11 is 0. The van der Waals surface area contributed by atoms with E-state index in [0.29, 0.717) is 6.54 Å². The molecule has 0 aliphatic carbocycles. The van der Waals surface area contributed by atoms with E-state index in [1.165, 1.54) is 16.8 Å². The van der Waals surface area contributed by atoms with Crippen LogP contribution in [0.1, 0.15) is 16.7 Å². The molecular weight excluding hydrogens is 300 g/mol. The molecule has 1 aromatic carbocycles. The van der Waals surface area contributed by atoms with Crippen LogP contribution in [0.25, 0.3) is 0 Å². The summed E-state index contributed by atoms with van der Waals surface area (Å²) in [5.41, 5.74) is 4.82. The zero-order valence-corrected chi connectivity index (χ0v) is 14.3. The lowest BCUT2D eigenvalue weighted by atomic mass is 10.1. The maximum absolute atomic E-state index is 12.3. The highest BCUT2D eigenvalue weighted by molar-refractivity contribution is 5.74. The van der Waals surface area contributed by atoms with Gasteiger partial charge in [-0.25, -0.2) is 4.79 Å². The van der Waals surface area contributed by atoms with E-state index in [1.807, 2.05) is 17.0 Å². The van der Waals surface area contributed by atoms with Crippen LogP contribution in [0.4, 0.5) is 10.5 Å². The molecule has 0 atom stereocenters. The average Bonchev–Trinajstić information content (AvgIpc) is 2.60. The highest BCUT2D eigenvalue weighted by Crippen LogP contribution is 2.20. The molecule has 1 fully saturated rings. The summed E-state index contributed by atoms with van der Waals surface area (Å²) in [5.74, 6) is 0. The van der Waals surface area contributed by atoms with Gasteiger partial charge in [0.15, 0.2) is 0 Å². The second-order valence-corrected chi connectivity index (χ2v) is 6.34. The summed E-state index contributed by atoms with van der Waals surface area (Å²) in [6.45, 7) is 7.98. The largest absolute Gasteiger partial charge is 0.368 e. The number of pyridine rings is 1. The molecule has 0 radical (unpaired) electrons. The van der Waals surface area contributed by atoms with Gasteiger partial charge in [-0.3, -0.25) is 4.98 Å². The van der Waals surface area contributed by atoms with Gasteiger partial charge in [0.25, 0.3) is 0 Å². The van der Waals surface area contributed by atoms with Crippen molar-refractivity contribution in [2.75, 3.05) is 31.1 Å². The van der Waals surface area contributed by atoms with Crippen molar-refractivity contribution >= 4 is 11.7 Å². The van der Waals surface area contributed by atoms with E-state index in [9.17, 15) is 4.79 Å². The summed E-state index contributed by atoms with van der Waals surface area (Å²) < 4.78 is 0. The van der Waals surface area contributed by atoms with Gasteiger partial charge in [0.2, 0.25) is 0 Å². The Labute approximate surface area is 143 Å². The third-order valence-electron chi connectivity index (χ3n) is 4.31. The molecule has 1 aliphatic rings. The summed E-state index contributed by atoms with van der Waals surface area (Å²) in [7, 11) is 0. The van der Waals surface area contributed by atoms with Crippen LogP contribution >= 0.6 is 0 Å². The number of hydrogen-bond donors (Lipinski definition) is 1. The third-order valence-corrected chi connectivity index (χ3v) is 4.31. The summed E-state index contributed by atoms with van der Waals surface area (Å²) in [6, 6.07) is 10.5. The Morgan fingerprint density at radius 1 is 1.12 bits per heavy atom. The van der Waals surface area contributed by atoms with Crippen LogP contribution in [0, 0.1) is 13.8 Å². The van der Waals surface area contributed by atoms with Crippen molar-refractivity contribution in [2.24, 2.45) is 0 Å². The van der Waals surface area contributed by atoms with Crippen molar-refractivity contribution in [3.8, 4) is 0 Å². The van der Waals surface area contributed by atoms with Gasteiger partial charge < -0.3 is 15.1 Å². The van der Waals surface area contributed by atoms with Gasteiger partial charge in [0, 0.05) is 50.8 Å². The van der Waals surface area contributed by atoms with E-state index < -0.39 is 0 Å². The van der Waals surface area contributed by atoms with E-state index in [2.05, 4.69) is 47.2 Å². The molecular formula is C19H24N4O. The molecule has 1 saturated heterocycles. The Hall–Kier alpha value is -2.56. The molecule has 3 rings (SSSR count). The number of amides is 2. The van der Waals surface area contributed by atoms with Gasteiger partial charge in [0.05, 0.1) is 0 Å². The van der Waals surface area contributed by atoms with Crippen LogP contribution in [-0.4, -0.2) is 42.1 Å². The Bertz CT molecular complexity index is 674. The van der Waals surface area contributed by atoms with Crippen LogP contribution in [0.3, 0.4) is 0 Å². The van der Waals surface area contributed by atoms with Crippen molar-refractivity contribution < 1.29 is 4.79 Å². The van der Waals surface area contributed by atoms with Crippen LogP contribution in [0.5, 0.6) is 0 Å². The summed E-state index contributed by atoms with van der Waals surface area (Å²) in [5, 5.41) is 2.97. The first-order valence-corrected chi connectivity index (χ1v) is 8.37. The third kappa shape index (κ3) is 4.04. The summed E-state index contributed by atoms with van der Waals surface area (Å²) in [6.07, 6.45) is 3.51. The van der Waals surface area contributed by atoms with E-state index >= 15 is 0 Å². The van der Waals surface area contributed by atoms with E-state index in [4.69, 9.17) is 0 Å². The van der Waals surface area contributed by atoms with Crippen LogP contribution in [0.15, 0.2) is 42.7 Å². The lowest BCUT2D eigenvalue weighted by molar-refractivity contribution is 0.194. The maximum Gasteiger partial charge on any atom is 0.317 e. The van der Waals surface area contributed by atoms with E-state index in [0.717, 1.165) is 31.7 Å². The first-order valence-electron chi connectivity index (χ1n) is 8.37. The highest BCUT2D eigenvalue weighted by Gasteiger charge is 2.21. The molecule has 1 aliphatic heterocycles. The molecule has 0 spiro atoms. The number of carbonyl (C=O) groups is 1. The molecule has 0 bridgehead atoms. The second-order valence-electron chi connectivity index (χ2n) is 6.34. The van der Waals surface area contributed by atoms with Crippen LogP contribution in [0.2, 0.25) is 0 Å². The number of hydrogen-bond acceptors (Lipinski definition) is 3. The number of benzene rings is 1.